The highest BCUT2D eigenvalue weighted by atomic mass is 35.5. The molecule has 0 unspecified atom stereocenters. The third-order valence-electron chi connectivity index (χ3n) is 3.46. The number of ether oxygens (including phenoxy) is 1. The summed E-state index contributed by atoms with van der Waals surface area (Å²) in [7, 11) is 0. The van der Waals surface area contributed by atoms with E-state index in [9.17, 15) is 4.79 Å². The summed E-state index contributed by atoms with van der Waals surface area (Å²) in [5, 5.41) is 1.18. The van der Waals surface area contributed by atoms with Gasteiger partial charge in [0.25, 0.3) is 0 Å². The monoisotopic (exact) mass is 348 g/mol. The van der Waals surface area contributed by atoms with Crippen LogP contribution < -0.4 is 4.74 Å². The van der Waals surface area contributed by atoms with E-state index in [0.29, 0.717) is 29.0 Å². The summed E-state index contributed by atoms with van der Waals surface area (Å²) < 4.78 is 5.66. The fourth-order valence-corrected chi connectivity index (χ4v) is 2.48. The van der Waals surface area contributed by atoms with Gasteiger partial charge in [0.05, 0.1) is 18.1 Å². The molecule has 0 spiro atoms. The second kappa shape index (κ2) is 7.02. The van der Waals surface area contributed by atoms with E-state index in [1.165, 1.54) is 12.3 Å². The molecule has 1 aromatic carbocycles. The Labute approximate surface area is 144 Å². The largest absolute Gasteiger partial charge is 0.471 e. The van der Waals surface area contributed by atoms with Crippen LogP contribution in [0.5, 0.6) is 5.88 Å². The lowest BCUT2D eigenvalue weighted by atomic mass is 10.1. The van der Waals surface area contributed by atoms with Gasteiger partial charge in [-0.05, 0) is 23.8 Å². The molecule has 1 fully saturated rings. The van der Waals surface area contributed by atoms with Crippen molar-refractivity contribution in [3.05, 3.63) is 64.3 Å². The SMILES string of the molecule is O=C(/C=C/c1ccccc1Cl)N1CC(Oc2ccc(Cl)cn2)C1. The Bertz CT molecular complexity index is 726. The van der Waals surface area contributed by atoms with Gasteiger partial charge in [0.1, 0.15) is 6.10 Å². The Morgan fingerprint density at radius 3 is 2.70 bits per heavy atom. The molecule has 2 heterocycles. The highest BCUT2D eigenvalue weighted by Gasteiger charge is 2.31. The van der Waals surface area contributed by atoms with Gasteiger partial charge in [-0.25, -0.2) is 4.98 Å². The number of carbonyl (C=O) groups is 1. The van der Waals surface area contributed by atoms with Crippen molar-refractivity contribution in [2.75, 3.05) is 13.1 Å². The number of benzene rings is 1. The van der Waals surface area contributed by atoms with Crippen LogP contribution in [0.3, 0.4) is 0 Å². The molecule has 1 aliphatic heterocycles. The minimum atomic E-state index is -0.0613. The zero-order valence-electron chi connectivity index (χ0n) is 12.2. The fourth-order valence-electron chi connectivity index (χ4n) is 2.17. The topological polar surface area (TPSA) is 42.4 Å². The summed E-state index contributed by atoms with van der Waals surface area (Å²) in [6.45, 7) is 1.08. The van der Waals surface area contributed by atoms with Crippen molar-refractivity contribution in [3.63, 3.8) is 0 Å². The lowest BCUT2D eigenvalue weighted by Gasteiger charge is -2.38. The number of amides is 1. The third kappa shape index (κ3) is 4.03. The van der Waals surface area contributed by atoms with Crippen LogP contribution in [-0.4, -0.2) is 35.0 Å². The average molecular weight is 349 g/mol. The minimum Gasteiger partial charge on any atom is -0.471 e. The van der Waals surface area contributed by atoms with Crippen LogP contribution in [0.2, 0.25) is 10.0 Å². The Morgan fingerprint density at radius 1 is 1.22 bits per heavy atom. The van der Waals surface area contributed by atoms with E-state index in [-0.39, 0.29) is 12.0 Å². The lowest BCUT2D eigenvalue weighted by molar-refractivity contribution is -0.134. The van der Waals surface area contributed by atoms with Gasteiger partial charge < -0.3 is 9.64 Å². The number of nitrogens with zero attached hydrogens (tertiary/aromatic N) is 2. The Morgan fingerprint density at radius 2 is 2.00 bits per heavy atom. The van der Waals surface area contributed by atoms with E-state index >= 15 is 0 Å². The van der Waals surface area contributed by atoms with Crippen molar-refractivity contribution < 1.29 is 9.53 Å². The predicted octanol–water partition coefficient (Wildman–Crippen LogP) is 3.69. The van der Waals surface area contributed by atoms with E-state index in [0.717, 1.165) is 5.56 Å². The maximum absolute atomic E-state index is 12.1. The van der Waals surface area contributed by atoms with Crippen molar-refractivity contribution in [2.24, 2.45) is 0 Å². The first-order valence-corrected chi connectivity index (χ1v) is 7.87. The van der Waals surface area contributed by atoms with Gasteiger partial charge in [-0.2, -0.15) is 0 Å². The van der Waals surface area contributed by atoms with Gasteiger partial charge in [0, 0.05) is 23.4 Å². The van der Waals surface area contributed by atoms with Gasteiger partial charge in [-0.1, -0.05) is 41.4 Å². The van der Waals surface area contributed by atoms with Crippen LogP contribution in [0.15, 0.2) is 48.7 Å². The summed E-state index contributed by atoms with van der Waals surface area (Å²) in [5.74, 6) is 0.451. The first-order chi connectivity index (χ1) is 11.1. The molecule has 0 atom stereocenters. The number of aromatic nitrogens is 1. The smallest absolute Gasteiger partial charge is 0.246 e. The highest BCUT2D eigenvalue weighted by Crippen LogP contribution is 2.19. The van der Waals surface area contributed by atoms with E-state index in [4.69, 9.17) is 27.9 Å². The normalized spacial score (nSPS) is 14.8. The number of pyridine rings is 1. The van der Waals surface area contributed by atoms with Crippen molar-refractivity contribution in [3.8, 4) is 5.88 Å². The van der Waals surface area contributed by atoms with Gasteiger partial charge in [0.15, 0.2) is 0 Å². The van der Waals surface area contributed by atoms with Crippen LogP contribution in [0, 0.1) is 0 Å². The standard InChI is InChI=1S/C17H14Cl2N2O2/c18-13-6-7-16(20-9-13)23-14-10-21(11-14)17(22)8-5-12-3-1-2-4-15(12)19/h1-9,14H,10-11H2/b8-5+. The molecule has 1 aromatic heterocycles. The molecule has 1 saturated heterocycles. The van der Waals surface area contributed by atoms with Crippen molar-refractivity contribution in [1.82, 2.24) is 9.88 Å². The van der Waals surface area contributed by atoms with Crippen molar-refractivity contribution >= 4 is 35.2 Å². The third-order valence-corrected chi connectivity index (χ3v) is 4.03. The summed E-state index contributed by atoms with van der Waals surface area (Å²) in [6.07, 6.45) is 4.74. The maximum Gasteiger partial charge on any atom is 0.246 e. The predicted molar refractivity (Wildman–Crippen MR) is 90.7 cm³/mol. The van der Waals surface area contributed by atoms with E-state index < -0.39 is 0 Å². The molecular formula is C17H14Cl2N2O2. The van der Waals surface area contributed by atoms with Gasteiger partial charge in [-0.15, -0.1) is 0 Å². The van der Waals surface area contributed by atoms with Crippen LogP contribution in [0.25, 0.3) is 6.08 Å². The average Bonchev–Trinajstić information content (AvgIpc) is 2.51. The molecule has 3 rings (SSSR count). The van der Waals surface area contributed by atoms with Gasteiger partial charge in [0.2, 0.25) is 11.8 Å². The van der Waals surface area contributed by atoms with Crippen LogP contribution >= 0.6 is 23.2 Å². The molecule has 1 amide bonds. The molecule has 0 bridgehead atoms. The Hall–Kier alpha value is -2.04. The van der Waals surface area contributed by atoms with E-state index in [2.05, 4.69) is 4.98 Å². The molecular weight excluding hydrogens is 335 g/mol. The van der Waals surface area contributed by atoms with Crippen molar-refractivity contribution in [1.29, 1.82) is 0 Å². The molecule has 0 N–H and O–H groups in total. The summed E-state index contributed by atoms with van der Waals surface area (Å²) >= 11 is 11.8. The molecule has 118 valence electrons. The van der Waals surface area contributed by atoms with Gasteiger partial charge in [-0.3, -0.25) is 4.79 Å². The second-order valence-corrected chi connectivity index (χ2v) is 6.00. The molecule has 0 saturated carbocycles. The second-order valence-electron chi connectivity index (χ2n) is 5.15. The number of likely N-dealkylation sites (tertiary alicyclic amines) is 1. The molecule has 23 heavy (non-hydrogen) atoms. The molecule has 6 heteroatoms. The maximum atomic E-state index is 12.1. The molecule has 0 radical (unpaired) electrons. The first-order valence-electron chi connectivity index (χ1n) is 7.11. The molecule has 2 aromatic rings. The zero-order valence-corrected chi connectivity index (χ0v) is 13.7. The quantitative estimate of drug-likeness (QED) is 0.791. The summed E-state index contributed by atoms with van der Waals surface area (Å²) in [4.78, 5) is 17.8. The summed E-state index contributed by atoms with van der Waals surface area (Å²) in [6, 6.07) is 10.8. The summed E-state index contributed by atoms with van der Waals surface area (Å²) in [5.41, 5.74) is 0.821. The number of hydrogen-bond acceptors (Lipinski definition) is 3. The molecule has 1 aliphatic rings. The number of halogens is 2. The Kier molecular flexibility index (Phi) is 4.84. The van der Waals surface area contributed by atoms with E-state index in [1.807, 2.05) is 18.2 Å². The number of hydrogen-bond donors (Lipinski definition) is 0. The van der Waals surface area contributed by atoms with Crippen LogP contribution in [0.1, 0.15) is 5.56 Å². The van der Waals surface area contributed by atoms with E-state index in [1.54, 1.807) is 29.2 Å². The zero-order chi connectivity index (χ0) is 16.2. The van der Waals surface area contributed by atoms with Crippen LogP contribution in [0.4, 0.5) is 0 Å². The van der Waals surface area contributed by atoms with Gasteiger partial charge >= 0.3 is 0 Å². The number of carbonyl (C=O) groups excluding carboxylic acids is 1. The fraction of sp³-hybridized carbons (Fsp3) is 0.176. The molecule has 4 nitrogen and oxygen atoms in total. The highest BCUT2D eigenvalue weighted by molar-refractivity contribution is 6.32. The first kappa shape index (κ1) is 15.8. The number of rotatable bonds is 4. The molecule has 0 aliphatic carbocycles. The minimum absolute atomic E-state index is 0.0404. The van der Waals surface area contributed by atoms with Crippen molar-refractivity contribution in [2.45, 2.75) is 6.10 Å². The van der Waals surface area contributed by atoms with Crippen LogP contribution in [-0.2, 0) is 4.79 Å². The Balaban J connectivity index is 1.50. The lowest BCUT2D eigenvalue weighted by Crippen LogP contribution is -2.55.